The highest BCUT2D eigenvalue weighted by Crippen LogP contribution is 2.41. The van der Waals surface area contributed by atoms with E-state index >= 15 is 0 Å². The van der Waals surface area contributed by atoms with Crippen molar-refractivity contribution < 1.29 is 23.5 Å². The van der Waals surface area contributed by atoms with Gasteiger partial charge in [-0.2, -0.15) is 5.10 Å². The highest BCUT2D eigenvalue weighted by atomic mass is 79.9. The first-order valence-electron chi connectivity index (χ1n) is 10.9. The van der Waals surface area contributed by atoms with Crippen LogP contribution >= 0.6 is 15.9 Å². The molecule has 2 fully saturated rings. The lowest BCUT2D eigenvalue weighted by atomic mass is 9.73. The monoisotopic (exact) mass is 510 g/mol. The molecule has 0 radical (unpaired) electrons. The maximum atomic E-state index is 13.6. The quantitative estimate of drug-likeness (QED) is 0.546. The summed E-state index contributed by atoms with van der Waals surface area (Å²) in [5, 5.41) is 10.5. The van der Waals surface area contributed by atoms with E-state index in [0.717, 1.165) is 19.3 Å². The summed E-state index contributed by atoms with van der Waals surface area (Å²) in [7, 11) is 1.77. The van der Waals surface area contributed by atoms with Gasteiger partial charge in [-0.1, -0.05) is 15.9 Å². The SMILES string of the molecule is CNC1(C(=O)N[C@@H](C)CC2CCC3(CC2)OC(=O)NN=C3c2ccc(F)cc2Br)COC1. The van der Waals surface area contributed by atoms with Gasteiger partial charge in [0.2, 0.25) is 5.91 Å². The number of carbonyl (C=O) groups excluding carboxylic acids is 2. The Hall–Kier alpha value is -2.04. The molecule has 1 spiro atoms. The fourth-order valence-electron chi connectivity index (χ4n) is 4.77. The first kappa shape index (κ1) is 23.1. The van der Waals surface area contributed by atoms with Crippen LogP contribution in [0.3, 0.4) is 0 Å². The second-order valence-corrected chi connectivity index (χ2v) is 9.81. The highest BCUT2D eigenvalue weighted by Gasteiger charge is 2.47. The zero-order valence-electron chi connectivity index (χ0n) is 18.2. The fourth-order valence-corrected chi connectivity index (χ4v) is 5.31. The molecule has 8 nitrogen and oxygen atoms in total. The van der Waals surface area contributed by atoms with Gasteiger partial charge in [-0.3, -0.25) is 4.79 Å². The Balaban J connectivity index is 1.40. The molecule has 0 aromatic heterocycles. The number of benzene rings is 1. The van der Waals surface area contributed by atoms with E-state index in [4.69, 9.17) is 9.47 Å². The molecule has 32 heavy (non-hydrogen) atoms. The Kier molecular flexibility index (Phi) is 6.56. The molecular formula is C22H28BrFN4O4. The van der Waals surface area contributed by atoms with Gasteiger partial charge in [-0.05, 0) is 70.2 Å². The Labute approximate surface area is 194 Å². The third kappa shape index (κ3) is 4.40. The molecule has 1 aromatic rings. The van der Waals surface area contributed by atoms with E-state index in [-0.39, 0.29) is 17.8 Å². The van der Waals surface area contributed by atoms with Crippen LogP contribution in [0.15, 0.2) is 27.8 Å². The lowest BCUT2D eigenvalue weighted by Gasteiger charge is -2.43. The second kappa shape index (κ2) is 9.07. The Morgan fingerprint density at radius 2 is 2.09 bits per heavy atom. The number of carbonyl (C=O) groups is 2. The summed E-state index contributed by atoms with van der Waals surface area (Å²) in [6.45, 7) is 2.78. The second-order valence-electron chi connectivity index (χ2n) is 8.96. The van der Waals surface area contributed by atoms with E-state index < -0.39 is 17.2 Å². The number of ether oxygens (including phenoxy) is 2. The van der Waals surface area contributed by atoms with Crippen LogP contribution in [0.4, 0.5) is 9.18 Å². The molecule has 1 saturated carbocycles. The van der Waals surface area contributed by atoms with Gasteiger partial charge in [0.25, 0.3) is 0 Å². The van der Waals surface area contributed by atoms with Crippen molar-refractivity contribution in [1.82, 2.24) is 16.1 Å². The maximum Gasteiger partial charge on any atom is 0.428 e. The van der Waals surface area contributed by atoms with Gasteiger partial charge in [-0.15, -0.1) is 0 Å². The molecule has 10 heteroatoms. The number of likely N-dealkylation sites (N-methyl/N-ethyl adjacent to an activating group) is 1. The Morgan fingerprint density at radius 1 is 1.38 bits per heavy atom. The van der Waals surface area contributed by atoms with E-state index in [1.165, 1.54) is 12.1 Å². The molecule has 174 valence electrons. The first-order valence-corrected chi connectivity index (χ1v) is 11.7. The van der Waals surface area contributed by atoms with Crippen molar-refractivity contribution >= 4 is 33.6 Å². The molecule has 1 saturated heterocycles. The minimum absolute atomic E-state index is 0.0160. The minimum atomic E-state index is -0.842. The number of amides is 2. The molecule has 0 bridgehead atoms. The van der Waals surface area contributed by atoms with Crippen LogP contribution in [-0.4, -0.2) is 55.2 Å². The van der Waals surface area contributed by atoms with Crippen molar-refractivity contribution in [1.29, 1.82) is 0 Å². The zero-order valence-corrected chi connectivity index (χ0v) is 19.8. The summed E-state index contributed by atoms with van der Waals surface area (Å²) in [5.41, 5.74) is 2.22. The summed E-state index contributed by atoms with van der Waals surface area (Å²) in [4.78, 5) is 24.6. The summed E-state index contributed by atoms with van der Waals surface area (Å²) >= 11 is 3.40. The van der Waals surface area contributed by atoms with Crippen molar-refractivity contribution in [2.24, 2.45) is 11.0 Å². The first-order chi connectivity index (χ1) is 15.3. The third-order valence-corrected chi connectivity index (χ3v) is 7.41. The van der Waals surface area contributed by atoms with Crippen molar-refractivity contribution in [2.75, 3.05) is 20.3 Å². The van der Waals surface area contributed by atoms with Crippen molar-refractivity contribution in [3.8, 4) is 0 Å². The van der Waals surface area contributed by atoms with Crippen molar-refractivity contribution in [2.45, 2.75) is 56.2 Å². The Morgan fingerprint density at radius 3 is 2.69 bits per heavy atom. The smallest absolute Gasteiger partial charge is 0.428 e. The van der Waals surface area contributed by atoms with Gasteiger partial charge in [0.1, 0.15) is 17.1 Å². The molecule has 1 aliphatic carbocycles. The van der Waals surface area contributed by atoms with E-state index in [1.807, 2.05) is 6.92 Å². The normalized spacial score (nSPS) is 27.6. The van der Waals surface area contributed by atoms with Crippen LogP contribution in [0.1, 0.15) is 44.6 Å². The van der Waals surface area contributed by atoms with Gasteiger partial charge >= 0.3 is 6.09 Å². The van der Waals surface area contributed by atoms with Crippen molar-refractivity contribution in [3.05, 3.63) is 34.1 Å². The topological polar surface area (TPSA) is 101 Å². The molecule has 1 atom stereocenters. The summed E-state index contributed by atoms with van der Waals surface area (Å²) in [6, 6.07) is 4.41. The van der Waals surface area contributed by atoms with Crippen LogP contribution in [0, 0.1) is 11.7 Å². The number of nitrogens with one attached hydrogen (secondary N) is 3. The van der Waals surface area contributed by atoms with E-state index in [2.05, 4.69) is 37.1 Å². The number of hydrogen-bond acceptors (Lipinski definition) is 6. The molecule has 2 aliphatic heterocycles. The number of hydrazone groups is 1. The largest absolute Gasteiger partial charge is 0.435 e. The lowest BCUT2D eigenvalue weighted by Crippen LogP contribution is -2.68. The molecule has 4 rings (SSSR count). The molecule has 2 heterocycles. The van der Waals surface area contributed by atoms with Crippen LogP contribution in [0.5, 0.6) is 0 Å². The number of halogens is 2. The molecule has 2 amide bonds. The molecule has 3 N–H and O–H groups in total. The molecule has 3 aliphatic rings. The van der Waals surface area contributed by atoms with Gasteiger partial charge in [0.05, 0.1) is 13.2 Å². The number of hydrogen-bond donors (Lipinski definition) is 3. The number of rotatable bonds is 6. The van der Waals surface area contributed by atoms with Gasteiger partial charge in [0.15, 0.2) is 5.60 Å². The lowest BCUT2D eigenvalue weighted by molar-refractivity contribution is -0.148. The van der Waals surface area contributed by atoms with Gasteiger partial charge < -0.3 is 20.1 Å². The molecule has 1 aromatic carbocycles. The van der Waals surface area contributed by atoms with Crippen LogP contribution in [0.25, 0.3) is 0 Å². The summed E-state index contributed by atoms with van der Waals surface area (Å²) < 4.78 is 25.1. The fraction of sp³-hybridized carbons (Fsp3) is 0.591. The van der Waals surface area contributed by atoms with E-state index in [9.17, 15) is 14.0 Å². The van der Waals surface area contributed by atoms with Crippen LogP contribution < -0.4 is 16.1 Å². The predicted octanol–water partition coefficient (Wildman–Crippen LogP) is 2.84. The number of nitrogens with zero attached hydrogens (tertiary/aromatic N) is 1. The third-order valence-electron chi connectivity index (χ3n) is 6.75. The van der Waals surface area contributed by atoms with Gasteiger partial charge in [-0.25, -0.2) is 14.6 Å². The molecule has 0 unspecified atom stereocenters. The zero-order chi connectivity index (χ0) is 22.9. The minimum Gasteiger partial charge on any atom is -0.435 e. The Bertz CT molecular complexity index is 923. The molecular weight excluding hydrogens is 483 g/mol. The maximum absolute atomic E-state index is 13.6. The summed E-state index contributed by atoms with van der Waals surface area (Å²) in [5.74, 6) is -0.0104. The standard InChI is InChI=1S/C22H28BrFN4O4/c1-13(26-19(29)21(25-2)11-31-12-21)9-14-5-7-22(8-6-14)18(27-28-20(30)32-22)16-4-3-15(24)10-17(16)23/h3-4,10,13-14,25H,5-9,11-12H2,1-2H3,(H,26,29)(H,28,30)/t13-,14?,22?/m0/s1. The highest BCUT2D eigenvalue weighted by molar-refractivity contribution is 9.10. The average molecular weight is 511 g/mol. The van der Waals surface area contributed by atoms with Crippen molar-refractivity contribution in [3.63, 3.8) is 0 Å². The summed E-state index contributed by atoms with van der Waals surface area (Å²) in [6.07, 6.45) is 3.13. The predicted molar refractivity (Wildman–Crippen MR) is 120 cm³/mol. The van der Waals surface area contributed by atoms with E-state index in [1.54, 1.807) is 13.1 Å². The van der Waals surface area contributed by atoms with Crippen LogP contribution in [-0.2, 0) is 14.3 Å². The van der Waals surface area contributed by atoms with E-state index in [0.29, 0.717) is 47.7 Å². The average Bonchev–Trinajstić information content (AvgIpc) is 2.70. The van der Waals surface area contributed by atoms with Crippen LogP contribution in [0.2, 0.25) is 0 Å². The van der Waals surface area contributed by atoms with Gasteiger partial charge in [0, 0.05) is 16.1 Å².